The van der Waals surface area contributed by atoms with Crippen molar-refractivity contribution >= 4 is 27.8 Å². The lowest BCUT2D eigenvalue weighted by molar-refractivity contribution is -0.123. The summed E-state index contributed by atoms with van der Waals surface area (Å²) in [7, 11) is 0. The van der Waals surface area contributed by atoms with Gasteiger partial charge < -0.3 is 14.7 Å². The molecule has 1 amide bonds. The second-order valence-electron chi connectivity index (χ2n) is 8.68. The van der Waals surface area contributed by atoms with Crippen LogP contribution in [0.25, 0.3) is 0 Å². The molecule has 5 nitrogen and oxygen atoms in total. The van der Waals surface area contributed by atoms with E-state index in [-0.39, 0.29) is 11.9 Å². The number of nitrogens with zero attached hydrogens (tertiary/aromatic N) is 1. The minimum atomic E-state index is -0.760. The number of hydrogen-bond donors (Lipinski definition) is 1. The Balaban J connectivity index is 2.18. The van der Waals surface area contributed by atoms with Crippen LogP contribution in [0.15, 0.2) is 16.6 Å². The second kappa shape index (κ2) is 9.40. The van der Waals surface area contributed by atoms with E-state index in [9.17, 15) is 14.7 Å². The highest BCUT2D eigenvalue weighted by atomic mass is 79.9. The topological polar surface area (TPSA) is 66.8 Å². The van der Waals surface area contributed by atoms with Gasteiger partial charge in [-0.1, -0.05) is 15.9 Å². The molecule has 0 aromatic heterocycles. The number of carbonyl (C=O) groups is 2. The third-order valence-electron chi connectivity index (χ3n) is 5.03. The number of halogens is 1. The Morgan fingerprint density at radius 1 is 1.18 bits per heavy atom. The molecule has 1 aromatic carbocycles. The Hall–Kier alpha value is -1.40. The number of rotatable bonds is 1. The maximum Gasteiger partial charge on any atom is 0.410 e. The van der Waals surface area contributed by atoms with E-state index in [4.69, 9.17) is 4.74 Å². The van der Waals surface area contributed by atoms with Gasteiger partial charge >= 0.3 is 6.09 Å². The van der Waals surface area contributed by atoms with Crippen molar-refractivity contribution in [2.24, 2.45) is 0 Å². The number of aryl methyl sites for hydroxylation is 2. The quantitative estimate of drug-likeness (QED) is 0.656. The largest absolute Gasteiger partial charge is 0.444 e. The van der Waals surface area contributed by atoms with Gasteiger partial charge in [0, 0.05) is 24.0 Å². The minimum Gasteiger partial charge on any atom is -0.444 e. The van der Waals surface area contributed by atoms with Gasteiger partial charge in [-0.15, -0.1) is 0 Å². The molecule has 6 heteroatoms. The average Bonchev–Trinajstić information content (AvgIpc) is 2.54. The molecule has 1 fully saturated rings. The highest BCUT2D eigenvalue weighted by Gasteiger charge is 2.32. The van der Waals surface area contributed by atoms with Gasteiger partial charge in [0.05, 0.1) is 12.0 Å². The summed E-state index contributed by atoms with van der Waals surface area (Å²) >= 11 is 3.50. The summed E-state index contributed by atoms with van der Waals surface area (Å²) in [5.74, 6) is -0.478. The molecule has 0 radical (unpaired) electrons. The third-order valence-corrected chi connectivity index (χ3v) is 5.49. The fourth-order valence-electron chi connectivity index (χ4n) is 3.86. The smallest absolute Gasteiger partial charge is 0.410 e. The number of carbonyl (C=O) groups excluding carboxylic acids is 2. The van der Waals surface area contributed by atoms with Crippen molar-refractivity contribution in [2.75, 3.05) is 13.1 Å². The molecule has 1 N–H and O–H groups in total. The van der Waals surface area contributed by atoms with Crippen LogP contribution in [-0.4, -0.2) is 46.7 Å². The number of amides is 1. The van der Waals surface area contributed by atoms with E-state index in [1.165, 1.54) is 0 Å². The van der Waals surface area contributed by atoms with Crippen LogP contribution in [0.5, 0.6) is 0 Å². The van der Waals surface area contributed by atoms with Crippen molar-refractivity contribution in [3.63, 3.8) is 0 Å². The number of ether oxygens (including phenoxy) is 1. The highest BCUT2D eigenvalue weighted by Crippen LogP contribution is 2.33. The molecule has 0 aliphatic carbocycles. The lowest BCUT2D eigenvalue weighted by Crippen LogP contribution is -2.39. The first kappa shape index (κ1) is 22.9. The van der Waals surface area contributed by atoms with Gasteiger partial charge in [-0.2, -0.15) is 0 Å². The van der Waals surface area contributed by atoms with Crippen LogP contribution in [0.3, 0.4) is 0 Å². The normalized spacial score (nSPS) is 22.1. The number of hydrogen-bond acceptors (Lipinski definition) is 4. The first-order chi connectivity index (χ1) is 13.0. The van der Waals surface area contributed by atoms with E-state index in [2.05, 4.69) is 15.9 Å². The summed E-state index contributed by atoms with van der Waals surface area (Å²) in [4.78, 5) is 27.1. The van der Waals surface area contributed by atoms with E-state index in [0.29, 0.717) is 38.8 Å². The average molecular weight is 454 g/mol. The number of Topliss-reactive ketones (excluding diaryl/α,β-unsaturated/α-hetero) is 1. The molecular weight excluding hydrogens is 422 g/mol. The predicted octanol–water partition coefficient (Wildman–Crippen LogP) is 4.89. The maximum atomic E-state index is 13.0. The standard InChI is InChI=1S/C22H32BrNO4/c1-14-12-16(23)13-15(2)19(14)20-17(25)8-6-10-24(11-7-9-18(20)26)21(27)28-22(3,4)5/h12-13,17,20,25H,6-11H2,1-5H3. The fourth-order valence-corrected chi connectivity index (χ4v) is 4.55. The Morgan fingerprint density at radius 3 is 2.32 bits per heavy atom. The first-order valence-corrected chi connectivity index (χ1v) is 10.7. The molecule has 2 rings (SSSR count). The minimum absolute atomic E-state index is 0.0343. The Bertz CT molecular complexity index is 703. The van der Waals surface area contributed by atoms with Crippen LogP contribution < -0.4 is 0 Å². The van der Waals surface area contributed by atoms with Gasteiger partial charge in [-0.25, -0.2) is 4.79 Å². The van der Waals surface area contributed by atoms with Gasteiger partial charge in [-0.3, -0.25) is 4.79 Å². The molecule has 0 bridgehead atoms. The monoisotopic (exact) mass is 453 g/mol. The van der Waals surface area contributed by atoms with Crippen molar-refractivity contribution in [1.82, 2.24) is 4.90 Å². The summed E-state index contributed by atoms with van der Waals surface area (Å²) in [6, 6.07) is 3.98. The van der Waals surface area contributed by atoms with Crippen molar-refractivity contribution in [3.05, 3.63) is 33.3 Å². The number of aliphatic hydroxyl groups excluding tert-OH is 1. The van der Waals surface area contributed by atoms with Crippen LogP contribution in [0, 0.1) is 13.8 Å². The van der Waals surface area contributed by atoms with Gasteiger partial charge in [-0.05, 0) is 82.7 Å². The Morgan fingerprint density at radius 2 is 1.75 bits per heavy atom. The summed E-state index contributed by atoms with van der Waals surface area (Å²) in [6.45, 7) is 10.5. The molecule has 2 unspecified atom stereocenters. The van der Waals surface area contributed by atoms with E-state index < -0.39 is 17.6 Å². The maximum absolute atomic E-state index is 13.0. The molecule has 2 atom stereocenters. The van der Waals surface area contributed by atoms with Gasteiger partial charge in [0.2, 0.25) is 0 Å². The molecule has 1 heterocycles. The molecule has 28 heavy (non-hydrogen) atoms. The molecule has 0 saturated carbocycles. The summed E-state index contributed by atoms with van der Waals surface area (Å²) in [5.41, 5.74) is 2.41. The number of aliphatic hydroxyl groups is 1. The van der Waals surface area contributed by atoms with Crippen LogP contribution in [0.4, 0.5) is 4.79 Å². The van der Waals surface area contributed by atoms with Crippen LogP contribution in [-0.2, 0) is 9.53 Å². The van der Waals surface area contributed by atoms with Crippen molar-refractivity contribution in [3.8, 4) is 0 Å². The van der Waals surface area contributed by atoms with Crippen LogP contribution >= 0.6 is 15.9 Å². The number of benzene rings is 1. The van der Waals surface area contributed by atoms with Crippen LogP contribution in [0.2, 0.25) is 0 Å². The zero-order chi connectivity index (χ0) is 21.1. The Kier molecular flexibility index (Phi) is 7.68. The van der Waals surface area contributed by atoms with E-state index in [1.807, 2.05) is 46.8 Å². The van der Waals surface area contributed by atoms with E-state index in [1.54, 1.807) is 4.90 Å². The van der Waals surface area contributed by atoms with Crippen molar-refractivity contribution in [2.45, 2.75) is 77.9 Å². The zero-order valence-electron chi connectivity index (χ0n) is 17.5. The van der Waals surface area contributed by atoms with Gasteiger partial charge in [0.15, 0.2) is 0 Å². The summed E-state index contributed by atoms with van der Waals surface area (Å²) in [5, 5.41) is 10.9. The molecule has 1 aliphatic rings. The van der Waals surface area contributed by atoms with Crippen molar-refractivity contribution in [1.29, 1.82) is 0 Å². The first-order valence-electron chi connectivity index (χ1n) is 9.95. The molecule has 1 aliphatic heterocycles. The van der Waals surface area contributed by atoms with E-state index in [0.717, 1.165) is 21.2 Å². The molecule has 156 valence electrons. The van der Waals surface area contributed by atoms with E-state index >= 15 is 0 Å². The lowest BCUT2D eigenvalue weighted by atomic mass is 9.81. The second-order valence-corrected chi connectivity index (χ2v) is 9.59. The third kappa shape index (κ3) is 6.05. The molecule has 1 aromatic rings. The fraction of sp³-hybridized carbons (Fsp3) is 0.636. The SMILES string of the molecule is Cc1cc(Br)cc(C)c1C1C(=O)CCCN(C(=O)OC(C)(C)C)CCCC1O. The predicted molar refractivity (Wildman–Crippen MR) is 114 cm³/mol. The van der Waals surface area contributed by atoms with Gasteiger partial charge in [0.1, 0.15) is 11.4 Å². The summed E-state index contributed by atoms with van der Waals surface area (Å²) in [6.07, 6.45) is 0.867. The van der Waals surface area contributed by atoms with Gasteiger partial charge in [0.25, 0.3) is 0 Å². The molecule has 1 saturated heterocycles. The lowest BCUT2D eigenvalue weighted by Gasteiger charge is -2.31. The zero-order valence-corrected chi connectivity index (χ0v) is 19.1. The highest BCUT2D eigenvalue weighted by molar-refractivity contribution is 9.10. The summed E-state index contributed by atoms with van der Waals surface area (Å²) < 4.78 is 6.44. The molecular formula is C22H32BrNO4. The number of ketones is 1. The molecule has 0 spiro atoms. The Labute approximate surface area is 176 Å². The van der Waals surface area contributed by atoms with Crippen LogP contribution in [0.1, 0.15) is 69.1 Å². The van der Waals surface area contributed by atoms with Crippen molar-refractivity contribution < 1.29 is 19.4 Å².